The predicted octanol–water partition coefficient (Wildman–Crippen LogP) is -3.97. The summed E-state index contributed by atoms with van der Waals surface area (Å²) in [6.07, 6.45) is -0.312. The third kappa shape index (κ3) is 23.1. The molecule has 3 amide bonds. The summed E-state index contributed by atoms with van der Waals surface area (Å²) in [6.45, 7) is 3.17. The van der Waals surface area contributed by atoms with Gasteiger partial charge in [0, 0.05) is 12.8 Å². The molecule has 0 heterocycles. The molecule has 0 saturated carbocycles. The van der Waals surface area contributed by atoms with Crippen LogP contribution in [0.3, 0.4) is 0 Å². The summed E-state index contributed by atoms with van der Waals surface area (Å²) in [4.78, 5) is 61.6. The molecule has 0 bridgehead atoms. The highest BCUT2D eigenvalue weighted by molar-refractivity contribution is 6.03. The summed E-state index contributed by atoms with van der Waals surface area (Å²) < 4.78 is 8.53. The number of nitrogens with one attached hydrogen (secondary N) is 1. The van der Waals surface area contributed by atoms with E-state index in [1.165, 1.54) is 14.0 Å². The second-order valence-electron chi connectivity index (χ2n) is 5.56. The number of rotatable bonds is 10. The number of primary amides is 2. The molecule has 12 N–H and O–H groups in total. The van der Waals surface area contributed by atoms with Gasteiger partial charge in [0.15, 0.2) is 6.23 Å². The summed E-state index contributed by atoms with van der Waals surface area (Å²) in [7, 11) is 1.31. The van der Waals surface area contributed by atoms with E-state index in [1.54, 1.807) is 6.92 Å². The van der Waals surface area contributed by atoms with Gasteiger partial charge >= 0.3 is 11.9 Å². The van der Waals surface area contributed by atoms with E-state index in [-0.39, 0.29) is 37.7 Å². The van der Waals surface area contributed by atoms with Crippen LogP contribution in [0.15, 0.2) is 0 Å². The molecule has 31 heavy (non-hydrogen) atoms. The van der Waals surface area contributed by atoms with E-state index in [1.807, 2.05) is 5.32 Å². The van der Waals surface area contributed by atoms with Crippen molar-refractivity contribution in [3.8, 4) is 0 Å². The Hall–Kier alpha value is -3.01. The van der Waals surface area contributed by atoms with Crippen molar-refractivity contribution >= 4 is 48.5 Å². The number of carboxylic acid groups (broad SMARTS) is 1. The average Bonchev–Trinajstić information content (AvgIpc) is 2.64. The number of carbonyl (C=O) groups excluding carboxylic acids is 5. The molecule has 4 atom stereocenters. The molecule has 0 spiro atoms. The van der Waals surface area contributed by atoms with Gasteiger partial charge in [-0.05, 0) is 13.8 Å². The number of methoxy groups -OCH3 is 1. The molecule has 182 valence electrons. The van der Waals surface area contributed by atoms with Gasteiger partial charge < -0.3 is 42.8 Å². The zero-order valence-electron chi connectivity index (χ0n) is 17.3. The molecule has 0 saturated heterocycles. The first-order chi connectivity index (χ1) is 13.7. The van der Waals surface area contributed by atoms with E-state index < -0.39 is 48.0 Å². The Morgan fingerprint density at radius 2 is 1.52 bits per heavy atom. The van der Waals surface area contributed by atoms with Crippen LogP contribution in [0.4, 0.5) is 0 Å². The van der Waals surface area contributed by atoms with Gasteiger partial charge in [-0.2, -0.15) is 0 Å². The quantitative estimate of drug-likeness (QED) is 0.0690. The molecule has 0 rings (SSSR count). The van der Waals surface area contributed by atoms with Crippen LogP contribution in [0, 0.1) is 0 Å². The van der Waals surface area contributed by atoms with Crippen LogP contribution in [-0.2, 0) is 38.2 Å². The van der Waals surface area contributed by atoms with E-state index in [9.17, 15) is 28.8 Å². The lowest BCUT2D eigenvalue weighted by atomic mass is 10.2. The number of carboxylic acids is 1. The number of aliphatic carboxylic acids is 1. The number of esters is 1. The average molecular weight is 475 g/mol. The van der Waals surface area contributed by atoms with Crippen molar-refractivity contribution in [2.24, 2.45) is 28.7 Å². The lowest BCUT2D eigenvalue weighted by Gasteiger charge is -2.12. The van der Waals surface area contributed by atoms with Gasteiger partial charge in [0.05, 0.1) is 13.2 Å². The fourth-order valence-corrected chi connectivity index (χ4v) is 1.14. The zero-order valence-corrected chi connectivity index (χ0v) is 18.1. The lowest BCUT2D eigenvalue weighted by molar-refractivity contribution is -0.145. The Labute approximate surface area is 184 Å². The van der Waals surface area contributed by atoms with E-state index in [4.69, 9.17) is 33.8 Å². The molecule has 0 fully saturated rings. The standard InChI is InChI=1S/C6H11N3O4.C5H10N2O3.C4H9NO2.ClH/c1-2(7)5(11)9-3(4(8)10)6(12)13;6-4(9)1-2-5(7)10-3-8;1-3(5)4(6)7-2;/h2-3H,7H2,1H3,(H2,8,10)(H,9,11)(H,12,13);3,5H,1-2,7H2,(H2,6,9);3H,5H2,1-2H3;1H/t2-,3+;5-;3-;/m111./s1. The van der Waals surface area contributed by atoms with Crippen LogP contribution in [0.2, 0.25) is 0 Å². The van der Waals surface area contributed by atoms with Crippen LogP contribution in [-0.4, -0.2) is 72.7 Å². The smallest absolute Gasteiger partial charge is 0.336 e. The number of ether oxygens (including phenoxy) is 2. The number of hydrogen-bond donors (Lipinski definition) is 7. The summed E-state index contributed by atoms with van der Waals surface area (Å²) in [5.74, 6) is -4.22. The summed E-state index contributed by atoms with van der Waals surface area (Å²) in [5, 5.41) is 10.3. The number of amides is 3. The van der Waals surface area contributed by atoms with Crippen molar-refractivity contribution in [2.75, 3.05) is 7.11 Å². The molecule has 16 heteroatoms. The molecule has 0 aliphatic carbocycles. The van der Waals surface area contributed by atoms with E-state index >= 15 is 0 Å². The van der Waals surface area contributed by atoms with Gasteiger partial charge in [0.2, 0.25) is 17.9 Å². The first kappa shape index (κ1) is 35.4. The maximum Gasteiger partial charge on any atom is 0.336 e. The second kappa shape index (κ2) is 20.3. The predicted molar refractivity (Wildman–Crippen MR) is 109 cm³/mol. The Bertz CT molecular complexity index is 575. The van der Waals surface area contributed by atoms with Gasteiger partial charge in [-0.1, -0.05) is 0 Å². The van der Waals surface area contributed by atoms with Crippen LogP contribution in [0.25, 0.3) is 0 Å². The molecule has 15 nitrogen and oxygen atoms in total. The van der Waals surface area contributed by atoms with Gasteiger partial charge in [-0.3, -0.25) is 29.7 Å². The molecule has 0 unspecified atom stereocenters. The van der Waals surface area contributed by atoms with Gasteiger partial charge in [0.1, 0.15) is 6.04 Å². The number of nitrogens with two attached hydrogens (primary N) is 5. The topological polar surface area (TPSA) is 283 Å². The Morgan fingerprint density at radius 1 is 1.03 bits per heavy atom. The molecule has 0 aliphatic rings. The minimum Gasteiger partial charge on any atom is -0.479 e. The molecular formula is C15H31ClN6O9. The molecule has 0 aromatic heterocycles. The van der Waals surface area contributed by atoms with Crippen molar-refractivity contribution < 1.29 is 43.3 Å². The van der Waals surface area contributed by atoms with Crippen molar-refractivity contribution in [1.29, 1.82) is 0 Å². The van der Waals surface area contributed by atoms with Crippen molar-refractivity contribution in [2.45, 2.75) is 51.0 Å². The Morgan fingerprint density at radius 3 is 1.74 bits per heavy atom. The summed E-state index contributed by atoms with van der Waals surface area (Å²) in [5.41, 5.74) is 24.9. The molecule has 0 aromatic rings. The Balaban J connectivity index is -0.000000182. The SMILES string of the molecule is COC(=O)[C@@H](C)N.C[C@@H](N)C(=O)N[C@@H](C(N)=O)C(=O)O.Cl.NC(=O)CC[C@H](N)OC=O. The number of halogens is 1. The van der Waals surface area contributed by atoms with Crippen molar-refractivity contribution in [3.05, 3.63) is 0 Å². The maximum absolute atomic E-state index is 10.9. The third-order valence-corrected chi connectivity index (χ3v) is 2.71. The summed E-state index contributed by atoms with van der Waals surface area (Å²) >= 11 is 0. The first-order valence-electron chi connectivity index (χ1n) is 8.25. The van der Waals surface area contributed by atoms with E-state index in [0.717, 1.165) is 0 Å². The molecular weight excluding hydrogens is 444 g/mol. The van der Waals surface area contributed by atoms with Gasteiger partial charge in [-0.15, -0.1) is 12.4 Å². The van der Waals surface area contributed by atoms with Crippen LogP contribution in [0.1, 0.15) is 26.7 Å². The van der Waals surface area contributed by atoms with Crippen molar-refractivity contribution in [3.63, 3.8) is 0 Å². The monoisotopic (exact) mass is 474 g/mol. The molecule has 0 radical (unpaired) electrons. The normalized spacial score (nSPS) is 12.8. The third-order valence-electron chi connectivity index (χ3n) is 2.71. The second-order valence-corrected chi connectivity index (χ2v) is 5.56. The number of hydrogen-bond acceptors (Lipinski definition) is 11. The van der Waals surface area contributed by atoms with E-state index in [0.29, 0.717) is 0 Å². The van der Waals surface area contributed by atoms with Crippen LogP contribution >= 0.6 is 12.4 Å². The summed E-state index contributed by atoms with van der Waals surface area (Å²) in [6, 6.07) is -3.11. The zero-order chi connectivity index (χ0) is 24.4. The highest BCUT2D eigenvalue weighted by atomic mass is 35.5. The minimum absolute atomic E-state index is 0. The number of carbonyl (C=O) groups is 6. The highest BCUT2D eigenvalue weighted by Gasteiger charge is 2.26. The Kier molecular flexibility index (Phi) is 23.2. The lowest BCUT2D eigenvalue weighted by Crippen LogP contribution is -2.53. The highest BCUT2D eigenvalue weighted by Crippen LogP contribution is 1.92. The van der Waals surface area contributed by atoms with Gasteiger partial charge in [0.25, 0.3) is 12.4 Å². The first-order valence-corrected chi connectivity index (χ1v) is 8.25. The largest absolute Gasteiger partial charge is 0.479 e. The molecule has 0 aliphatic heterocycles. The minimum atomic E-state index is -1.72. The van der Waals surface area contributed by atoms with Gasteiger partial charge in [-0.25, -0.2) is 4.79 Å². The van der Waals surface area contributed by atoms with Crippen LogP contribution < -0.4 is 34.0 Å². The maximum atomic E-state index is 10.9. The van der Waals surface area contributed by atoms with Crippen LogP contribution in [0.5, 0.6) is 0 Å². The molecule has 0 aromatic carbocycles. The fraction of sp³-hybridized carbons (Fsp3) is 0.600. The van der Waals surface area contributed by atoms with Crippen molar-refractivity contribution in [1.82, 2.24) is 5.32 Å². The fourth-order valence-electron chi connectivity index (χ4n) is 1.14. The van der Waals surface area contributed by atoms with E-state index in [2.05, 4.69) is 9.47 Å².